The van der Waals surface area contributed by atoms with E-state index in [0.29, 0.717) is 42.2 Å². The second-order valence-corrected chi connectivity index (χ2v) is 8.06. The van der Waals surface area contributed by atoms with Gasteiger partial charge in [-0.05, 0) is 67.3 Å². The first-order chi connectivity index (χ1) is 16.6. The Hall–Kier alpha value is -3.93. The minimum absolute atomic E-state index is 0.297. The zero-order chi connectivity index (χ0) is 23.9. The first-order valence-corrected chi connectivity index (χ1v) is 11.7. The van der Waals surface area contributed by atoms with E-state index >= 15 is 0 Å². The Balaban J connectivity index is 1.72. The summed E-state index contributed by atoms with van der Waals surface area (Å²) in [7, 11) is 0. The summed E-state index contributed by atoms with van der Waals surface area (Å²) < 4.78 is 5.70. The van der Waals surface area contributed by atoms with Crippen molar-refractivity contribution in [3.63, 3.8) is 0 Å². The fourth-order valence-electron chi connectivity index (χ4n) is 4.06. The number of amides is 2. The summed E-state index contributed by atoms with van der Waals surface area (Å²) in [4.78, 5) is 34.7. The number of benzene rings is 2. The van der Waals surface area contributed by atoms with Crippen LogP contribution in [0.2, 0.25) is 0 Å². The lowest BCUT2D eigenvalue weighted by molar-refractivity contribution is -0.120. The molecule has 2 aromatic carbocycles. The molecule has 0 radical (unpaired) electrons. The van der Waals surface area contributed by atoms with Gasteiger partial charge in [0.05, 0.1) is 17.9 Å². The van der Waals surface area contributed by atoms with Crippen LogP contribution in [0.25, 0.3) is 5.57 Å². The normalized spacial score (nSPS) is 13.5. The molecule has 6 heteroatoms. The van der Waals surface area contributed by atoms with Gasteiger partial charge in [-0.25, -0.2) is 4.90 Å². The predicted octanol–water partition coefficient (Wildman–Crippen LogP) is 4.72. The van der Waals surface area contributed by atoms with Gasteiger partial charge in [-0.15, -0.1) is 0 Å². The molecular weight excluding hydrogens is 426 g/mol. The van der Waals surface area contributed by atoms with Crippen LogP contribution in [0.3, 0.4) is 0 Å². The van der Waals surface area contributed by atoms with Crippen molar-refractivity contribution in [1.29, 1.82) is 0 Å². The highest BCUT2D eigenvalue weighted by Gasteiger charge is 2.42. The molecule has 6 nitrogen and oxygen atoms in total. The van der Waals surface area contributed by atoms with Gasteiger partial charge < -0.3 is 9.64 Å². The molecule has 0 atom stereocenters. The van der Waals surface area contributed by atoms with Crippen molar-refractivity contribution in [1.82, 2.24) is 9.88 Å². The summed E-state index contributed by atoms with van der Waals surface area (Å²) in [6, 6.07) is 20.4. The third-order valence-electron chi connectivity index (χ3n) is 5.81. The van der Waals surface area contributed by atoms with Crippen LogP contribution in [0.4, 0.5) is 5.69 Å². The minimum atomic E-state index is -0.309. The van der Waals surface area contributed by atoms with Crippen LogP contribution in [-0.2, 0) is 16.0 Å². The van der Waals surface area contributed by atoms with Crippen LogP contribution in [0.15, 0.2) is 84.8 Å². The third kappa shape index (κ3) is 4.86. The Morgan fingerprint density at radius 3 is 2.24 bits per heavy atom. The van der Waals surface area contributed by atoms with Crippen LogP contribution in [0.1, 0.15) is 31.4 Å². The average molecular weight is 456 g/mol. The van der Waals surface area contributed by atoms with Crippen molar-refractivity contribution < 1.29 is 14.3 Å². The van der Waals surface area contributed by atoms with Crippen molar-refractivity contribution >= 4 is 23.1 Å². The van der Waals surface area contributed by atoms with Crippen LogP contribution in [0.5, 0.6) is 5.75 Å². The fraction of sp³-hybridized carbons (Fsp3) is 0.250. The number of aromatic nitrogens is 1. The van der Waals surface area contributed by atoms with Gasteiger partial charge in [0.15, 0.2) is 0 Å². The fourth-order valence-corrected chi connectivity index (χ4v) is 4.06. The Morgan fingerprint density at radius 1 is 0.882 bits per heavy atom. The van der Waals surface area contributed by atoms with Gasteiger partial charge in [-0.3, -0.25) is 14.6 Å². The molecule has 4 rings (SSSR count). The van der Waals surface area contributed by atoms with Gasteiger partial charge >= 0.3 is 0 Å². The van der Waals surface area contributed by atoms with Crippen LogP contribution in [0, 0.1) is 0 Å². The number of anilines is 1. The molecule has 0 aliphatic carbocycles. The first kappa shape index (κ1) is 23.2. The molecule has 0 saturated carbocycles. The van der Waals surface area contributed by atoms with E-state index in [1.54, 1.807) is 24.5 Å². The van der Waals surface area contributed by atoms with E-state index in [2.05, 4.69) is 11.9 Å². The highest BCUT2D eigenvalue weighted by Crippen LogP contribution is 2.35. The molecule has 0 bridgehead atoms. The summed E-state index contributed by atoms with van der Waals surface area (Å²) in [5.74, 6) is 0.138. The second kappa shape index (κ2) is 10.8. The number of carbonyl (C=O) groups is 2. The monoisotopic (exact) mass is 455 g/mol. The number of hydrogen-bond donors (Lipinski definition) is 0. The molecule has 34 heavy (non-hydrogen) atoms. The maximum absolute atomic E-state index is 13.7. The topological polar surface area (TPSA) is 62.7 Å². The van der Waals surface area contributed by atoms with E-state index in [-0.39, 0.29) is 11.8 Å². The Morgan fingerprint density at radius 2 is 1.59 bits per heavy atom. The highest BCUT2D eigenvalue weighted by atomic mass is 16.5. The number of ether oxygens (including phenoxy) is 1. The predicted molar refractivity (Wildman–Crippen MR) is 133 cm³/mol. The second-order valence-electron chi connectivity index (χ2n) is 8.06. The first-order valence-electron chi connectivity index (χ1n) is 11.7. The third-order valence-corrected chi connectivity index (χ3v) is 5.81. The summed E-state index contributed by atoms with van der Waals surface area (Å²) in [5.41, 5.74) is 3.26. The molecule has 0 unspecified atom stereocenters. The number of nitrogens with zero attached hydrogens (tertiary/aromatic N) is 3. The zero-order valence-corrected chi connectivity index (χ0v) is 19.6. The summed E-state index contributed by atoms with van der Waals surface area (Å²) in [6.45, 7) is 5.90. The van der Waals surface area contributed by atoms with Crippen molar-refractivity contribution in [2.24, 2.45) is 0 Å². The van der Waals surface area contributed by atoms with Crippen LogP contribution >= 0.6 is 0 Å². The smallest absolute Gasteiger partial charge is 0.282 e. The summed E-state index contributed by atoms with van der Waals surface area (Å²) in [5, 5.41) is 0. The van der Waals surface area contributed by atoms with Gasteiger partial charge in [-0.2, -0.15) is 0 Å². The number of pyridine rings is 1. The highest BCUT2D eigenvalue weighted by molar-refractivity contribution is 6.45. The molecule has 0 fully saturated rings. The maximum atomic E-state index is 13.7. The SMILES string of the molecule is CCCOc1ccc(C2=C(N(CC)CCc3ccncc3)C(=O)N(c3ccccc3)C2=O)cc1. The molecule has 174 valence electrons. The quantitative estimate of drug-likeness (QED) is 0.414. The number of imide groups is 1. The van der Waals surface area contributed by atoms with Gasteiger partial charge in [0.2, 0.25) is 0 Å². The van der Waals surface area contributed by atoms with Crippen molar-refractivity contribution in [3.05, 3.63) is 95.9 Å². The number of hydrogen-bond acceptors (Lipinski definition) is 5. The van der Waals surface area contributed by atoms with E-state index in [1.807, 2.05) is 66.4 Å². The van der Waals surface area contributed by atoms with Crippen molar-refractivity contribution in [2.75, 3.05) is 24.6 Å². The summed E-state index contributed by atoms with van der Waals surface area (Å²) >= 11 is 0. The summed E-state index contributed by atoms with van der Waals surface area (Å²) in [6.07, 6.45) is 5.18. The maximum Gasteiger partial charge on any atom is 0.282 e. The molecule has 2 amide bonds. The van der Waals surface area contributed by atoms with E-state index in [4.69, 9.17) is 4.74 Å². The lowest BCUT2D eigenvalue weighted by atomic mass is 10.0. The van der Waals surface area contributed by atoms with Crippen LogP contribution < -0.4 is 9.64 Å². The molecule has 1 aliphatic heterocycles. The van der Waals surface area contributed by atoms with Crippen molar-refractivity contribution in [2.45, 2.75) is 26.7 Å². The molecule has 0 saturated heterocycles. The molecular formula is C28H29N3O3. The Bertz CT molecular complexity index is 1160. The number of likely N-dealkylation sites (N-methyl/N-ethyl adjacent to an activating group) is 1. The van der Waals surface area contributed by atoms with Gasteiger partial charge in [0.25, 0.3) is 11.8 Å². The molecule has 3 aromatic rings. The minimum Gasteiger partial charge on any atom is -0.494 e. The standard InChI is InChI=1S/C28H29N3O3/c1-3-20-34-24-12-10-22(11-13-24)25-26(30(4-2)19-16-21-14-17-29-18-15-21)28(33)31(27(25)32)23-8-6-5-7-9-23/h5-15,17-18H,3-4,16,19-20H2,1-2H3. The molecule has 1 aliphatic rings. The van der Waals surface area contributed by atoms with Gasteiger partial charge in [0, 0.05) is 25.5 Å². The molecule has 0 spiro atoms. The average Bonchev–Trinajstić information content (AvgIpc) is 3.14. The van der Waals surface area contributed by atoms with Crippen LogP contribution in [-0.4, -0.2) is 41.4 Å². The van der Waals surface area contributed by atoms with E-state index in [0.717, 1.165) is 24.2 Å². The number of rotatable bonds is 10. The Labute approximate surface area is 200 Å². The number of para-hydroxylation sites is 1. The Kier molecular flexibility index (Phi) is 7.38. The zero-order valence-electron chi connectivity index (χ0n) is 19.6. The molecule has 0 N–H and O–H groups in total. The lowest BCUT2D eigenvalue weighted by Crippen LogP contribution is -2.36. The van der Waals surface area contributed by atoms with E-state index in [9.17, 15) is 9.59 Å². The van der Waals surface area contributed by atoms with Crippen molar-refractivity contribution in [3.8, 4) is 5.75 Å². The van der Waals surface area contributed by atoms with E-state index < -0.39 is 0 Å². The largest absolute Gasteiger partial charge is 0.494 e. The van der Waals surface area contributed by atoms with Gasteiger partial charge in [-0.1, -0.05) is 37.3 Å². The number of carbonyl (C=O) groups excluding carboxylic acids is 2. The molecule has 1 aromatic heterocycles. The van der Waals surface area contributed by atoms with Gasteiger partial charge in [0.1, 0.15) is 11.4 Å². The van der Waals surface area contributed by atoms with E-state index in [1.165, 1.54) is 4.90 Å². The molecule has 2 heterocycles. The lowest BCUT2D eigenvalue weighted by Gasteiger charge is -2.25.